The van der Waals surface area contributed by atoms with E-state index >= 15 is 0 Å². The normalized spacial score (nSPS) is 15.2. The number of benzene rings is 1. The van der Waals surface area contributed by atoms with Crippen molar-refractivity contribution in [2.75, 3.05) is 19.7 Å². The molecule has 1 fully saturated rings. The van der Waals surface area contributed by atoms with Crippen molar-refractivity contribution in [3.63, 3.8) is 0 Å². The van der Waals surface area contributed by atoms with Crippen LogP contribution in [0.25, 0.3) is 0 Å². The molecule has 5 nitrogen and oxygen atoms in total. The maximum atomic E-state index is 12.1. The zero-order valence-corrected chi connectivity index (χ0v) is 14.9. The summed E-state index contributed by atoms with van der Waals surface area (Å²) in [6.45, 7) is 7.49. The summed E-state index contributed by atoms with van der Waals surface area (Å²) in [6, 6.07) is 6.04. The van der Waals surface area contributed by atoms with E-state index in [0.717, 1.165) is 43.7 Å². The number of amides is 2. The van der Waals surface area contributed by atoms with Gasteiger partial charge >= 0.3 is 0 Å². The number of aryl methyl sites for hydroxylation is 2. The van der Waals surface area contributed by atoms with E-state index in [1.54, 1.807) is 0 Å². The molecule has 0 bridgehead atoms. The van der Waals surface area contributed by atoms with Gasteiger partial charge in [0.05, 0.1) is 0 Å². The van der Waals surface area contributed by atoms with Gasteiger partial charge in [0, 0.05) is 25.6 Å². The van der Waals surface area contributed by atoms with Gasteiger partial charge in [0.25, 0.3) is 5.91 Å². The molecule has 24 heavy (non-hydrogen) atoms. The zero-order chi connectivity index (χ0) is 17.5. The van der Waals surface area contributed by atoms with Crippen LogP contribution in [-0.2, 0) is 9.59 Å². The van der Waals surface area contributed by atoms with Crippen LogP contribution in [0.3, 0.4) is 0 Å². The molecule has 2 amide bonds. The third kappa shape index (κ3) is 5.25. The fourth-order valence-electron chi connectivity index (χ4n) is 3.02. The molecular weight excluding hydrogens is 304 g/mol. The Bertz CT molecular complexity index is 578. The van der Waals surface area contributed by atoms with Crippen molar-refractivity contribution in [3.05, 3.63) is 29.3 Å². The van der Waals surface area contributed by atoms with Crippen LogP contribution in [-0.4, -0.2) is 42.5 Å². The second-order valence-corrected chi connectivity index (χ2v) is 6.53. The molecule has 1 aromatic rings. The molecule has 0 spiro atoms. The number of hydrogen-bond donors (Lipinski definition) is 1. The maximum Gasteiger partial charge on any atom is 0.258 e. The van der Waals surface area contributed by atoms with E-state index in [2.05, 4.69) is 5.32 Å². The smallest absolute Gasteiger partial charge is 0.258 e. The molecular formula is C19H28N2O3. The standard InChI is InChI=1S/C19H28N2O3/c1-4-5-19(23)21-10-8-16(9-11-21)20-18(22)13-24-17-7-6-14(2)12-15(17)3/h6-7,12,16H,4-5,8-11,13H2,1-3H3,(H,20,22). The molecule has 1 aliphatic rings. The van der Waals surface area contributed by atoms with Crippen molar-refractivity contribution in [2.24, 2.45) is 0 Å². The van der Waals surface area contributed by atoms with Gasteiger partial charge in [-0.05, 0) is 44.7 Å². The molecule has 2 rings (SSSR count). The molecule has 132 valence electrons. The highest BCUT2D eigenvalue weighted by Gasteiger charge is 2.23. The molecule has 0 aliphatic carbocycles. The second-order valence-electron chi connectivity index (χ2n) is 6.53. The predicted molar refractivity (Wildman–Crippen MR) is 94.1 cm³/mol. The summed E-state index contributed by atoms with van der Waals surface area (Å²) in [7, 11) is 0. The van der Waals surface area contributed by atoms with Crippen LogP contribution in [0.5, 0.6) is 5.75 Å². The summed E-state index contributed by atoms with van der Waals surface area (Å²) in [5.74, 6) is 0.865. The highest BCUT2D eigenvalue weighted by Crippen LogP contribution is 2.18. The van der Waals surface area contributed by atoms with Crippen molar-refractivity contribution in [2.45, 2.75) is 52.5 Å². The van der Waals surface area contributed by atoms with Crippen molar-refractivity contribution in [1.82, 2.24) is 10.2 Å². The van der Waals surface area contributed by atoms with Gasteiger partial charge in [-0.3, -0.25) is 9.59 Å². The summed E-state index contributed by atoms with van der Waals surface area (Å²) in [5.41, 5.74) is 2.21. The largest absolute Gasteiger partial charge is 0.484 e. The average Bonchev–Trinajstić information content (AvgIpc) is 2.55. The number of piperidine rings is 1. The number of ether oxygens (including phenoxy) is 1. The van der Waals surface area contributed by atoms with E-state index < -0.39 is 0 Å². The highest BCUT2D eigenvalue weighted by atomic mass is 16.5. The quantitative estimate of drug-likeness (QED) is 0.871. The molecule has 5 heteroatoms. The van der Waals surface area contributed by atoms with Crippen LogP contribution in [0.1, 0.15) is 43.7 Å². The van der Waals surface area contributed by atoms with Crippen molar-refractivity contribution in [3.8, 4) is 5.75 Å². The third-order valence-corrected chi connectivity index (χ3v) is 4.37. The first-order chi connectivity index (χ1) is 11.5. The SMILES string of the molecule is CCCC(=O)N1CCC(NC(=O)COc2ccc(C)cc2C)CC1. The van der Waals surface area contributed by atoms with Crippen molar-refractivity contribution >= 4 is 11.8 Å². The Morgan fingerprint density at radius 1 is 1.25 bits per heavy atom. The lowest BCUT2D eigenvalue weighted by molar-refractivity contribution is -0.132. The van der Waals surface area contributed by atoms with Crippen LogP contribution in [0, 0.1) is 13.8 Å². The Kier molecular flexibility index (Phi) is 6.64. The van der Waals surface area contributed by atoms with Gasteiger partial charge in [-0.15, -0.1) is 0 Å². The maximum absolute atomic E-state index is 12.1. The van der Waals surface area contributed by atoms with Gasteiger partial charge < -0.3 is 15.0 Å². The van der Waals surface area contributed by atoms with E-state index in [0.29, 0.717) is 6.42 Å². The van der Waals surface area contributed by atoms with Gasteiger partial charge in [0.2, 0.25) is 5.91 Å². The van der Waals surface area contributed by atoms with E-state index in [-0.39, 0.29) is 24.5 Å². The van der Waals surface area contributed by atoms with Gasteiger partial charge in [0.15, 0.2) is 6.61 Å². The van der Waals surface area contributed by atoms with E-state index in [1.165, 1.54) is 5.56 Å². The van der Waals surface area contributed by atoms with Gasteiger partial charge in [0.1, 0.15) is 5.75 Å². The number of carbonyl (C=O) groups excluding carboxylic acids is 2. The Hall–Kier alpha value is -2.04. The summed E-state index contributed by atoms with van der Waals surface area (Å²) in [6.07, 6.45) is 3.11. The molecule has 0 unspecified atom stereocenters. The fourth-order valence-corrected chi connectivity index (χ4v) is 3.02. The van der Waals surface area contributed by atoms with Crippen LogP contribution < -0.4 is 10.1 Å². The summed E-state index contributed by atoms with van der Waals surface area (Å²) in [5, 5.41) is 3.01. The van der Waals surface area contributed by atoms with Crippen LogP contribution in [0.15, 0.2) is 18.2 Å². The first-order valence-corrected chi connectivity index (χ1v) is 8.76. The number of nitrogens with one attached hydrogen (secondary N) is 1. The minimum absolute atomic E-state index is 0.0267. The van der Waals surface area contributed by atoms with Crippen molar-refractivity contribution in [1.29, 1.82) is 0 Å². The fraction of sp³-hybridized carbons (Fsp3) is 0.579. The third-order valence-electron chi connectivity index (χ3n) is 4.37. The monoisotopic (exact) mass is 332 g/mol. The Labute approximate surface area is 144 Å². The first kappa shape index (κ1) is 18.3. The predicted octanol–water partition coefficient (Wildman–Crippen LogP) is 2.59. The summed E-state index contributed by atoms with van der Waals surface area (Å²) < 4.78 is 5.61. The van der Waals surface area contributed by atoms with Crippen LogP contribution >= 0.6 is 0 Å². The van der Waals surface area contributed by atoms with E-state index in [4.69, 9.17) is 4.74 Å². The molecule has 0 saturated carbocycles. The summed E-state index contributed by atoms with van der Waals surface area (Å²) >= 11 is 0. The molecule has 1 N–H and O–H groups in total. The summed E-state index contributed by atoms with van der Waals surface area (Å²) in [4.78, 5) is 25.8. The topological polar surface area (TPSA) is 58.6 Å². The lowest BCUT2D eigenvalue weighted by atomic mass is 10.0. The van der Waals surface area contributed by atoms with Crippen molar-refractivity contribution < 1.29 is 14.3 Å². The van der Waals surface area contributed by atoms with E-state index in [9.17, 15) is 9.59 Å². The Morgan fingerprint density at radius 3 is 2.58 bits per heavy atom. The average molecular weight is 332 g/mol. The van der Waals surface area contributed by atoms with Gasteiger partial charge in [-0.25, -0.2) is 0 Å². The molecule has 1 saturated heterocycles. The molecule has 0 radical (unpaired) electrons. The highest BCUT2D eigenvalue weighted by molar-refractivity contribution is 5.78. The Morgan fingerprint density at radius 2 is 1.96 bits per heavy atom. The zero-order valence-electron chi connectivity index (χ0n) is 14.9. The molecule has 0 atom stereocenters. The second kappa shape index (κ2) is 8.71. The minimum atomic E-state index is -0.103. The molecule has 0 aromatic heterocycles. The lowest BCUT2D eigenvalue weighted by Gasteiger charge is -2.32. The molecule has 1 heterocycles. The van der Waals surface area contributed by atoms with Gasteiger partial charge in [-0.1, -0.05) is 24.6 Å². The first-order valence-electron chi connectivity index (χ1n) is 8.76. The number of rotatable bonds is 6. The lowest BCUT2D eigenvalue weighted by Crippen LogP contribution is -2.47. The van der Waals surface area contributed by atoms with Crippen LogP contribution in [0.2, 0.25) is 0 Å². The minimum Gasteiger partial charge on any atom is -0.484 e. The number of carbonyl (C=O) groups is 2. The van der Waals surface area contributed by atoms with Gasteiger partial charge in [-0.2, -0.15) is 0 Å². The number of hydrogen-bond acceptors (Lipinski definition) is 3. The Balaban J connectivity index is 1.73. The number of likely N-dealkylation sites (tertiary alicyclic amines) is 1. The molecule has 1 aliphatic heterocycles. The number of nitrogens with zero attached hydrogens (tertiary/aromatic N) is 1. The van der Waals surface area contributed by atoms with E-state index in [1.807, 2.05) is 43.9 Å². The van der Waals surface area contributed by atoms with Crippen LogP contribution in [0.4, 0.5) is 0 Å². The molecule has 1 aromatic carbocycles.